The van der Waals surface area contributed by atoms with Crippen molar-refractivity contribution in [3.8, 4) is 6.07 Å². The second kappa shape index (κ2) is 11.9. The van der Waals surface area contributed by atoms with Crippen LogP contribution in [0.2, 0.25) is 0 Å². The smallest absolute Gasteiger partial charge is 0.269 e. The predicted octanol–water partition coefficient (Wildman–Crippen LogP) is 6.71. The molecule has 2 amide bonds. The molecule has 1 aliphatic heterocycles. The quantitative estimate of drug-likeness (QED) is 0.270. The van der Waals surface area contributed by atoms with E-state index in [-0.39, 0.29) is 11.5 Å². The third kappa shape index (κ3) is 5.95. The molecule has 37 heavy (non-hydrogen) atoms. The number of hydrogen-bond donors (Lipinski definition) is 1. The Morgan fingerprint density at radius 1 is 0.973 bits per heavy atom. The molecule has 1 atom stereocenters. The number of carbonyl (C=O) groups is 2. The minimum atomic E-state index is -0.522. The number of nitrogens with one attached hydrogen (secondary N) is 1. The van der Waals surface area contributed by atoms with Crippen LogP contribution in [0, 0.1) is 25.2 Å². The van der Waals surface area contributed by atoms with Gasteiger partial charge in [-0.3, -0.25) is 14.5 Å². The molecule has 0 aromatic heterocycles. The van der Waals surface area contributed by atoms with Gasteiger partial charge in [-0.1, -0.05) is 85.8 Å². The van der Waals surface area contributed by atoms with Gasteiger partial charge in [0.1, 0.15) is 16.7 Å². The summed E-state index contributed by atoms with van der Waals surface area (Å²) in [5.41, 5.74) is 5.39. The monoisotopic (exact) mass is 509 g/mol. The minimum Gasteiger partial charge on any atom is -0.321 e. The van der Waals surface area contributed by atoms with Gasteiger partial charge in [-0.05, 0) is 67.5 Å². The van der Waals surface area contributed by atoms with Crippen molar-refractivity contribution in [2.45, 2.75) is 51.7 Å². The second-order valence-electron chi connectivity index (χ2n) is 9.25. The van der Waals surface area contributed by atoms with Crippen LogP contribution < -0.4 is 10.2 Å². The lowest BCUT2D eigenvalue weighted by Gasteiger charge is -2.20. The Bertz CT molecular complexity index is 1370. The average molecular weight is 510 g/mol. The zero-order chi connectivity index (χ0) is 26.4. The number of rotatable bonds is 8. The lowest BCUT2D eigenvalue weighted by Crippen LogP contribution is -2.31. The highest BCUT2D eigenvalue weighted by Gasteiger charge is 2.41. The van der Waals surface area contributed by atoms with Crippen LogP contribution in [0.15, 0.2) is 83.4 Å². The molecule has 0 unspecified atom stereocenters. The molecule has 0 bridgehead atoms. The maximum atomic E-state index is 13.8. The molecule has 5 nitrogen and oxygen atoms in total. The molecule has 0 saturated carbocycles. The van der Waals surface area contributed by atoms with Gasteiger partial charge in [-0.2, -0.15) is 5.26 Å². The molecule has 0 radical (unpaired) electrons. The number of benzene rings is 3. The van der Waals surface area contributed by atoms with E-state index in [2.05, 4.69) is 42.6 Å². The molecule has 3 aromatic carbocycles. The van der Waals surface area contributed by atoms with E-state index in [0.717, 1.165) is 36.0 Å². The summed E-state index contributed by atoms with van der Waals surface area (Å²) in [5, 5.41) is 12.9. The molecule has 188 valence electrons. The van der Waals surface area contributed by atoms with E-state index >= 15 is 0 Å². The minimum absolute atomic E-state index is 0.0673. The molecule has 0 spiro atoms. The SMILES string of the molecule is CCCCc1ccc(C[C@H]2S/C(=C(/C#N)C(=O)Nc3ccccc3C)N(c3ccccc3C)C2=O)cc1. The Labute approximate surface area is 223 Å². The number of nitrogens with zero attached hydrogens (tertiary/aromatic N) is 2. The normalized spacial score (nSPS) is 16.4. The van der Waals surface area contributed by atoms with Gasteiger partial charge in [0.05, 0.1) is 10.9 Å². The van der Waals surface area contributed by atoms with Crippen molar-refractivity contribution in [1.29, 1.82) is 5.26 Å². The molecule has 3 aromatic rings. The van der Waals surface area contributed by atoms with Gasteiger partial charge in [0, 0.05) is 5.69 Å². The zero-order valence-corrected chi connectivity index (χ0v) is 22.3. The van der Waals surface area contributed by atoms with Crippen molar-refractivity contribution in [3.05, 3.63) is 106 Å². The van der Waals surface area contributed by atoms with Gasteiger partial charge in [0.25, 0.3) is 5.91 Å². The van der Waals surface area contributed by atoms with E-state index in [4.69, 9.17) is 0 Å². The van der Waals surface area contributed by atoms with Crippen LogP contribution in [0.5, 0.6) is 0 Å². The van der Waals surface area contributed by atoms with Crippen molar-refractivity contribution in [2.24, 2.45) is 0 Å². The number of amides is 2. The number of para-hydroxylation sites is 2. The molecule has 0 aliphatic carbocycles. The number of carbonyl (C=O) groups excluding carboxylic acids is 2. The summed E-state index contributed by atoms with van der Waals surface area (Å²) in [6.45, 7) is 6.00. The van der Waals surface area contributed by atoms with Crippen LogP contribution in [-0.4, -0.2) is 17.1 Å². The fraction of sp³-hybridized carbons (Fsp3) is 0.258. The van der Waals surface area contributed by atoms with Gasteiger partial charge < -0.3 is 5.32 Å². The molecule has 1 aliphatic rings. The zero-order valence-electron chi connectivity index (χ0n) is 21.5. The highest BCUT2D eigenvalue weighted by Crippen LogP contribution is 2.43. The largest absolute Gasteiger partial charge is 0.321 e. The number of anilines is 2. The molecule has 1 saturated heterocycles. The van der Waals surface area contributed by atoms with Crippen LogP contribution in [0.3, 0.4) is 0 Å². The van der Waals surface area contributed by atoms with Crippen LogP contribution >= 0.6 is 11.8 Å². The first-order chi connectivity index (χ1) is 17.9. The van der Waals surface area contributed by atoms with Gasteiger partial charge in [-0.25, -0.2) is 0 Å². The molecular formula is C31H31N3O2S. The second-order valence-corrected chi connectivity index (χ2v) is 10.4. The number of unbranched alkanes of at least 4 members (excludes halogenated alkanes) is 1. The van der Waals surface area contributed by atoms with Crippen molar-refractivity contribution in [1.82, 2.24) is 0 Å². The van der Waals surface area contributed by atoms with Gasteiger partial charge in [0.15, 0.2) is 0 Å². The average Bonchev–Trinajstić information content (AvgIpc) is 3.20. The topological polar surface area (TPSA) is 73.2 Å². The third-order valence-corrected chi connectivity index (χ3v) is 7.78. The molecule has 1 heterocycles. The Kier molecular flexibility index (Phi) is 8.47. The van der Waals surface area contributed by atoms with Crippen LogP contribution in [0.4, 0.5) is 11.4 Å². The summed E-state index contributed by atoms with van der Waals surface area (Å²) in [6.07, 6.45) is 3.86. The van der Waals surface area contributed by atoms with Crippen molar-refractivity contribution in [3.63, 3.8) is 0 Å². The lowest BCUT2D eigenvalue weighted by atomic mass is 10.0. The predicted molar refractivity (Wildman–Crippen MR) is 151 cm³/mol. The summed E-state index contributed by atoms with van der Waals surface area (Å²) >= 11 is 1.29. The maximum absolute atomic E-state index is 13.8. The highest BCUT2D eigenvalue weighted by molar-refractivity contribution is 8.05. The number of hydrogen-bond acceptors (Lipinski definition) is 4. The van der Waals surface area contributed by atoms with E-state index in [1.54, 1.807) is 11.0 Å². The maximum Gasteiger partial charge on any atom is 0.269 e. The third-order valence-electron chi connectivity index (χ3n) is 6.52. The summed E-state index contributed by atoms with van der Waals surface area (Å²) < 4.78 is 0. The van der Waals surface area contributed by atoms with E-state index in [0.29, 0.717) is 22.8 Å². The molecule has 6 heteroatoms. The Morgan fingerprint density at radius 3 is 2.27 bits per heavy atom. The van der Waals surface area contributed by atoms with Crippen molar-refractivity contribution < 1.29 is 9.59 Å². The summed E-state index contributed by atoms with van der Waals surface area (Å²) in [6, 6.07) is 25.5. The number of nitriles is 1. The van der Waals surface area contributed by atoms with Crippen molar-refractivity contribution in [2.75, 3.05) is 10.2 Å². The van der Waals surface area contributed by atoms with Crippen LogP contribution in [0.1, 0.15) is 42.0 Å². The van der Waals surface area contributed by atoms with Crippen LogP contribution in [-0.2, 0) is 22.4 Å². The molecule has 1 N–H and O–H groups in total. The summed E-state index contributed by atoms with van der Waals surface area (Å²) in [4.78, 5) is 28.6. The Morgan fingerprint density at radius 2 is 1.62 bits per heavy atom. The lowest BCUT2D eigenvalue weighted by molar-refractivity contribution is -0.117. The molecular weight excluding hydrogens is 478 g/mol. The number of aryl methyl sites for hydroxylation is 3. The van der Waals surface area contributed by atoms with Gasteiger partial charge >= 0.3 is 0 Å². The summed E-state index contributed by atoms with van der Waals surface area (Å²) in [5.74, 6) is -0.646. The molecule has 1 fully saturated rings. The highest BCUT2D eigenvalue weighted by atomic mass is 32.2. The first-order valence-corrected chi connectivity index (χ1v) is 13.5. The van der Waals surface area contributed by atoms with Gasteiger partial charge in [-0.15, -0.1) is 0 Å². The van der Waals surface area contributed by atoms with Gasteiger partial charge in [0.2, 0.25) is 5.91 Å². The van der Waals surface area contributed by atoms with Crippen molar-refractivity contribution >= 4 is 35.0 Å². The standard InChI is InChI=1S/C31H31N3O2S/c1-4-5-12-23-15-17-24(18-16-23)19-28-30(36)34(27-14-9-7-11-22(27)3)31(37-28)25(20-32)29(35)33-26-13-8-6-10-21(26)2/h6-11,13-18,28H,4-5,12,19H2,1-3H3,(H,33,35)/b31-25-/t28-/m1/s1. The summed E-state index contributed by atoms with van der Waals surface area (Å²) in [7, 11) is 0. The first-order valence-electron chi connectivity index (χ1n) is 12.6. The number of thioether (sulfide) groups is 1. The van der Waals surface area contributed by atoms with Crippen LogP contribution in [0.25, 0.3) is 0 Å². The van der Waals surface area contributed by atoms with E-state index in [1.165, 1.54) is 17.3 Å². The Balaban J connectivity index is 1.68. The van der Waals surface area contributed by atoms with E-state index in [9.17, 15) is 14.9 Å². The fourth-order valence-corrected chi connectivity index (χ4v) is 5.66. The first kappa shape index (κ1) is 26.2. The van der Waals surface area contributed by atoms with E-state index < -0.39 is 11.2 Å². The van der Waals surface area contributed by atoms with E-state index in [1.807, 2.05) is 56.3 Å². The fourth-order valence-electron chi connectivity index (χ4n) is 4.35. The Hall–Kier alpha value is -3.82. The molecule has 4 rings (SSSR count).